The van der Waals surface area contributed by atoms with Crippen LogP contribution in [0.5, 0.6) is 0 Å². The van der Waals surface area contributed by atoms with Gasteiger partial charge in [0.15, 0.2) is 9.84 Å². The number of primary amides is 1. The number of hydrogen-bond donors (Lipinski definition) is 1. The van der Waals surface area contributed by atoms with Gasteiger partial charge in [-0.25, -0.2) is 13.2 Å². The number of urea groups is 1. The first-order valence-electron chi connectivity index (χ1n) is 10.1. The lowest BCUT2D eigenvalue weighted by Crippen LogP contribution is -2.55. The van der Waals surface area contributed by atoms with Crippen molar-refractivity contribution in [3.63, 3.8) is 0 Å². The third kappa shape index (κ3) is 4.03. The van der Waals surface area contributed by atoms with Crippen molar-refractivity contribution in [3.8, 4) is 11.1 Å². The smallest absolute Gasteiger partial charge is 0.319 e. The number of hydrogen-bond acceptors (Lipinski definition) is 5. The lowest BCUT2D eigenvalue weighted by molar-refractivity contribution is -0.127. The van der Waals surface area contributed by atoms with Crippen LogP contribution in [-0.4, -0.2) is 51.9 Å². The highest BCUT2D eigenvalue weighted by Gasteiger charge is 2.37. The Bertz CT molecular complexity index is 1120. The minimum atomic E-state index is -3.29. The minimum Gasteiger partial charge on any atom is -0.368 e. The van der Waals surface area contributed by atoms with Gasteiger partial charge in [-0.15, -0.1) is 0 Å². The molecular weight excluding hydrogens is 418 g/mol. The molecule has 2 heterocycles. The zero-order valence-corrected chi connectivity index (χ0v) is 18.3. The van der Waals surface area contributed by atoms with Crippen LogP contribution in [0.25, 0.3) is 11.1 Å². The summed E-state index contributed by atoms with van der Waals surface area (Å²) in [5, 5.41) is 0. The first kappa shape index (κ1) is 21.3. The molecule has 4 rings (SSSR count). The zero-order chi connectivity index (χ0) is 22.3. The first-order chi connectivity index (χ1) is 14.7. The average molecular weight is 444 g/mol. The third-order valence-electron chi connectivity index (χ3n) is 5.74. The van der Waals surface area contributed by atoms with E-state index in [0.29, 0.717) is 30.9 Å². The SMILES string of the molecule is CC1CN(C(=O)C2CCCO2)c2cc(-c3ccc(S(C)(=O)=O)cc3)ccc2N1C(N)=O. The molecule has 3 amide bonds. The largest absolute Gasteiger partial charge is 0.368 e. The fourth-order valence-corrected chi connectivity index (χ4v) is 4.82. The van der Waals surface area contributed by atoms with Gasteiger partial charge in [0.2, 0.25) is 0 Å². The Morgan fingerprint density at radius 1 is 1.06 bits per heavy atom. The van der Waals surface area contributed by atoms with E-state index in [1.165, 1.54) is 4.90 Å². The Kier molecular flexibility index (Phi) is 5.49. The second-order valence-corrected chi connectivity index (χ2v) is 10.0. The molecule has 0 aromatic heterocycles. The number of fused-ring (bicyclic) bond motifs is 1. The summed E-state index contributed by atoms with van der Waals surface area (Å²) in [7, 11) is -3.29. The number of carbonyl (C=O) groups is 2. The molecule has 0 radical (unpaired) electrons. The van der Waals surface area contributed by atoms with Crippen molar-refractivity contribution >= 4 is 33.2 Å². The van der Waals surface area contributed by atoms with Gasteiger partial charge in [0, 0.05) is 19.4 Å². The maximum atomic E-state index is 13.2. The average Bonchev–Trinajstić information content (AvgIpc) is 3.26. The Morgan fingerprint density at radius 2 is 1.74 bits per heavy atom. The summed E-state index contributed by atoms with van der Waals surface area (Å²) in [5.41, 5.74) is 8.36. The van der Waals surface area contributed by atoms with Crippen molar-refractivity contribution in [1.29, 1.82) is 0 Å². The lowest BCUT2D eigenvalue weighted by atomic mass is 10.00. The van der Waals surface area contributed by atoms with E-state index in [-0.39, 0.29) is 16.8 Å². The second-order valence-electron chi connectivity index (χ2n) is 8.01. The van der Waals surface area contributed by atoms with Gasteiger partial charge in [-0.2, -0.15) is 0 Å². The summed E-state index contributed by atoms with van der Waals surface area (Å²) in [6, 6.07) is 11.1. The summed E-state index contributed by atoms with van der Waals surface area (Å²) in [6.45, 7) is 2.72. The molecule has 0 aliphatic carbocycles. The van der Waals surface area contributed by atoms with Crippen molar-refractivity contribution in [3.05, 3.63) is 42.5 Å². The Balaban J connectivity index is 1.77. The molecule has 1 saturated heterocycles. The third-order valence-corrected chi connectivity index (χ3v) is 6.87. The molecule has 1 fully saturated rings. The molecule has 164 valence electrons. The van der Waals surface area contributed by atoms with Crippen molar-refractivity contribution < 1.29 is 22.7 Å². The van der Waals surface area contributed by atoms with E-state index in [1.54, 1.807) is 35.2 Å². The molecule has 0 bridgehead atoms. The maximum absolute atomic E-state index is 13.2. The minimum absolute atomic E-state index is 0.126. The highest BCUT2D eigenvalue weighted by atomic mass is 32.2. The quantitative estimate of drug-likeness (QED) is 0.784. The Labute approximate surface area is 181 Å². The number of rotatable bonds is 3. The number of ether oxygens (including phenoxy) is 1. The van der Waals surface area contributed by atoms with Crippen LogP contribution >= 0.6 is 0 Å². The molecule has 0 saturated carbocycles. The summed E-state index contributed by atoms with van der Waals surface area (Å²) < 4.78 is 29.1. The molecule has 2 unspecified atom stereocenters. The van der Waals surface area contributed by atoms with Gasteiger partial charge in [0.25, 0.3) is 5.91 Å². The van der Waals surface area contributed by atoms with Crippen LogP contribution in [0.15, 0.2) is 47.4 Å². The van der Waals surface area contributed by atoms with E-state index >= 15 is 0 Å². The predicted molar refractivity (Wildman–Crippen MR) is 118 cm³/mol. The fourth-order valence-electron chi connectivity index (χ4n) is 4.19. The van der Waals surface area contributed by atoms with Crippen molar-refractivity contribution in [2.45, 2.75) is 36.8 Å². The molecule has 2 aliphatic heterocycles. The second kappa shape index (κ2) is 7.97. The van der Waals surface area contributed by atoms with Crippen LogP contribution in [0, 0.1) is 0 Å². The predicted octanol–water partition coefficient (Wildman–Crippen LogP) is 2.56. The van der Waals surface area contributed by atoms with Crippen LogP contribution in [-0.2, 0) is 19.4 Å². The molecule has 2 aliphatic rings. The summed E-state index contributed by atoms with van der Waals surface area (Å²) in [4.78, 5) is 28.7. The van der Waals surface area contributed by atoms with Gasteiger partial charge in [-0.05, 0) is 55.2 Å². The Hall–Kier alpha value is -2.91. The van der Waals surface area contributed by atoms with E-state index in [4.69, 9.17) is 10.5 Å². The highest BCUT2D eigenvalue weighted by molar-refractivity contribution is 7.90. The summed E-state index contributed by atoms with van der Waals surface area (Å²) >= 11 is 0. The van der Waals surface area contributed by atoms with Crippen molar-refractivity contribution in [1.82, 2.24) is 0 Å². The highest BCUT2D eigenvalue weighted by Crippen LogP contribution is 2.39. The molecule has 2 aromatic rings. The van der Waals surface area contributed by atoms with E-state index in [1.807, 2.05) is 19.1 Å². The molecule has 2 atom stereocenters. The van der Waals surface area contributed by atoms with Crippen molar-refractivity contribution in [2.75, 3.05) is 29.2 Å². The van der Waals surface area contributed by atoms with Gasteiger partial charge < -0.3 is 15.4 Å². The van der Waals surface area contributed by atoms with Gasteiger partial charge >= 0.3 is 6.03 Å². The molecule has 2 aromatic carbocycles. The summed E-state index contributed by atoms with van der Waals surface area (Å²) in [5.74, 6) is -0.126. The molecule has 8 nitrogen and oxygen atoms in total. The zero-order valence-electron chi connectivity index (χ0n) is 17.4. The van der Waals surface area contributed by atoms with Gasteiger partial charge in [0.05, 0.1) is 22.3 Å². The van der Waals surface area contributed by atoms with Crippen LogP contribution in [0.4, 0.5) is 16.2 Å². The number of sulfone groups is 1. The van der Waals surface area contributed by atoms with E-state index in [2.05, 4.69) is 0 Å². The topological polar surface area (TPSA) is 110 Å². The van der Waals surface area contributed by atoms with Gasteiger partial charge in [-0.3, -0.25) is 9.69 Å². The standard InChI is InChI=1S/C22H25N3O5S/c1-14-13-24(21(26)20-4-3-11-30-20)19-12-16(7-10-18(19)25(14)22(23)27)15-5-8-17(9-6-15)31(2,28)29/h5-10,12,14,20H,3-4,11,13H2,1-2H3,(H2,23,27). The molecule has 2 N–H and O–H groups in total. The first-order valence-corrected chi connectivity index (χ1v) is 12.0. The van der Waals surface area contributed by atoms with Crippen LogP contribution in [0.3, 0.4) is 0 Å². The number of amides is 3. The fraction of sp³-hybridized carbons (Fsp3) is 0.364. The molecular formula is C22H25N3O5S. The number of nitrogens with two attached hydrogens (primary N) is 1. The molecule has 9 heteroatoms. The van der Waals surface area contributed by atoms with Gasteiger partial charge in [0.1, 0.15) is 6.10 Å². The molecule has 0 spiro atoms. The summed E-state index contributed by atoms with van der Waals surface area (Å²) in [6.07, 6.45) is 2.19. The Morgan fingerprint density at radius 3 is 2.32 bits per heavy atom. The van der Waals surface area contributed by atoms with Crippen LogP contribution in [0.1, 0.15) is 19.8 Å². The lowest BCUT2D eigenvalue weighted by Gasteiger charge is -2.41. The maximum Gasteiger partial charge on any atom is 0.319 e. The van der Waals surface area contributed by atoms with Gasteiger partial charge in [-0.1, -0.05) is 18.2 Å². The van der Waals surface area contributed by atoms with E-state index < -0.39 is 22.0 Å². The number of carbonyl (C=O) groups excluding carboxylic acids is 2. The van der Waals surface area contributed by atoms with E-state index in [0.717, 1.165) is 23.8 Å². The van der Waals surface area contributed by atoms with Crippen LogP contribution in [0.2, 0.25) is 0 Å². The van der Waals surface area contributed by atoms with E-state index in [9.17, 15) is 18.0 Å². The monoisotopic (exact) mass is 443 g/mol. The number of anilines is 2. The van der Waals surface area contributed by atoms with Crippen molar-refractivity contribution in [2.24, 2.45) is 5.73 Å². The number of benzene rings is 2. The van der Waals surface area contributed by atoms with Crippen LogP contribution < -0.4 is 15.5 Å². The normalized spacial score (nSPS) is 21.1. The number of nitrogens with zero attached hydrogens (tertiary/aromatic N) is 2. The molecule has 31 heavy (non-hydrogen) atoms.